The molecule has 1 fully saturated rings. The molecule has 1 aromatic rings. The van der Waals surface area contributed by atoms with E-state index in [4.69, 9.17) is 21.8 Å². The van der Waals surface area contributed by atoms with Crippen molar-refractivity contribution >= 4 is 17.5 Å². The van der Waals surface area contributed by atoms with Crippen LogP contribution in [0.1, 0.15) is 17.0 Å². The minimum absolute atomic E-state index is 0.0874. The molecule has 76 valence electrons. The summed E-state index contributed by atoms with van der Waals surface area (Å²) in [5.41, 5.74) is 5.70. The van der Waals surface area contributed by atoms with Gasteiger partial charge in [-0.3, -0.25) is 4.79 Å². The third kappa shape index (κ3) is 1.76. The van der Waals surface area contributed by atoms with Gasteiger partial charge < -0.3 is 15.1 Å². The van der Waals surface area contributed by atoms with Crippen LogP contribution in [0.4, 0.5) is 0 Å². The number of halogens is 1. The van der Waals surface area contributed by atoms with Crippen molar-refractivity contribution in [1.29, 1.82) is 0 Å². The zero-order valence-electron chi connectivity index (χ0n) is 7.57. The molecule has 2 rings (SSSR count). The van der Waals surface area contributed by atoms with Gasteiger partial charge in [-0.15, -0.1) is 0 Å². The first-order chi connectivity index (χ1) is 6.66. The van der Waals surface area contributed by atoms with Gasteiger partial charge in [-0.1, -0.05) is 0 Å². The van der Waals surface area contributed by atoms with Crippen molar-refractivity contribution in [2.24, 2.45) is 5.73 Å². The topological polar surface area (TPSA) is 59.5 Å². The van der Waals surface area contributed by atoms with E-state index in [1.807, 2.05) is 0 Å². The van der Waals surface area contributed by atoms with E-state index in [0.717, 1.165) is 6.42 Å². The summed E-state index contributed by atoms with van der Waals surface area (Å²) in [6.45, 7) is 1.29. The molecule has 4 nitrogen and oxygen atoms in total. The molecule has 0 aliphatic carbocycles. The van der Waals surface area contributed by atoms with Crippen molar-refractivity contribution in [3.05, 3.63) is 23.1 Å². The van der Waals surface area contributed by atoms with Crippen molar-refractivity contribution in [1.82, 2.24) is 4.90 Å². The standard InChI is InChI=1S/C9H11ClN2O2/c10-8-2-1-7(14-8)9(13)12-4-3-6(11)5-12/h1-2,6H,3-5,11H2/t6-/m1/s1. The maximum atomic E-state index is 11.7. The molecule has 0 saturated carbocycles. The molecule has 2 heterocycles. The van der Waals surface area contributed by atoms with Gasteiger partial charge in [-0.25, -0.2) is 0 Å². The van der Waals surface area contributed by atoms with Crippen LogP contribution in [0.2, 0.25) is 5.22 Å². The number of carbonyl (C=O) groups is 1. The summed E-state index contributed by atoms with van der Waals surface area (Å²) >= 11 is 5.58. The minimum atomic E-state index is -0.134. The smallest absolute Gasteiger partial charge is 0.289 e. The second kappa shape index (κ2) is 3.63. The fourth-order valence-corrected chi connectivity index (χ4v) is 1.70. The lowest BCUT2D eigenvalue weighted by Crippen LogP contribution is -2.31. The third-order valence-corrected chi connectivity index (χ3v) is 2.50. The molecule has 0 aromatic carbocycles. The van der Waals surface area contributed by atoms with Gasteiger partial charge in [0.25, 0.3) is 5.91 Å². The average Bonchev–Trinajstić information content (AvgIpc) is 2.73. The highest BCUT2D eigenvalue weighted by Gasteiger charge is 2.26. The highest BCUT2D eigenvalue weighted by Crippen LogP contribution is 2.17. The number of amides is 1. The second-order valence-electron chi connectivity index (χ2n) is 3.40. The van der Waals surface area contributed by atoms with Crippen molar-refractivity contribution in [3.63, 3.8) is 0 Å². The number of nitrogens with zero attached hydrogens (tertiary/aromatic N) is 1. The summed E-state index contributed by atoms with van der Waals surface area (Å²) < 4.78 is 5.03. The lowest BCUT2D eigenvalue weighted by atomic mass is 10.3. The summed E-state index contributed by atoms with van der Waals surface area (Å²) in [5, 5.41) is 0.233. The molecule has 2 N–H and O–H groups in total. The number of likely N-dealkylation sites (tertiary alicyclic amines) is 1. The van der Waals surface area contributed by atoms with Gasteiger partial charge in [0.15, 0.2) is 11.0 Å². The second-order valence-corrected chi connectivity index (χ2v) is 3.78. The van der Waals surface area contributed by atoms with E-state index in [1.165, 1.54) is 0 Å². The molecule has 1 aromatic heterocycles. The monoisotopic (exact) mass is 214 g/mol. The van der Waals surface area contributed by atoms with Gasteiger partial charge in [-0.05, 0) is 30.2 Å². The summed E-state index contributed by atoms with van der Waals surface area (Å²) in [4.78, 5) is 13.4. The van der Waals surface area contributed by atoms with Gasteiger partial charge in [-0.2, -0.15) is 0 Å². The van der Waals surface area contributed by atoms with Crippen LogP contribution in [0.5, 0.6) is 0 Å². The van der Waals surface area contributed by atoms with Crippen molar-refractivity contribution in [2.75, 3.05) is 13.1 Å². The highest BCUT2D eigenvalue weighted by atomic mass is 35.5. The lowest BCUT2D eigenvalue weighted by Gasteiger charge is -2.13. The number of rotatable bonds is 1. The van der Waals surface area contributed by atoms with Crippen LogP contribution in [-0.2, 0) is 0 Å². The van der Waals surface area contributed by atoms with E-state index in [0.29, 0.717) is 13.1 Å². The van der Waals surface area contributed by atoms with E-state index in [9.17, 15) is 4.79 Å². The first-order valence-electron chi connectivity index (χ1n) is 4.47. The number of hydrogen-bond acceptors (Lipinski definition) is 3. The zero-order valence-corrected chi connectivity index (χ0v) is 8.33. The van der Waals surface area contributed by atoms with Crippen molar-refractivity contribution in [2.45, 2.75) is 12.5 Å². The molecule has 0 bridgehead atoms. The van der Waals surface area contributed by atoms with E-state index < -0.39 is 0 Å². The van der Waals surface area contributed by atoms with Crippen molar-refractivity contribution < 1.29 is 9.21 Å². The van der Waals surface area contributed by atoms with Crippen LogP contribution in [-0.4, -0.2) is 29.9 Å². The van der Waals surface area contributed by atoms with Gasteiger partial charge in [0.2, 0.25) is 0 Å². The maximum absolute atomic E-state index is 11.7. The molecular formula is C9H11ClN2O2. The summed E-state index contributed by atoms with van der Waals surface area (Å²) in [5.74, 6) is 0.147. The maximum Gasteiger partial charge on any atom is 0.289 e. The van der Waals surface area contributed by atoms with Crippen molar-refractivity contribution in [3.8, 4) is 0 Å². The minimum Gasteiger partial charge on any atom is -0.440 e. The van der Waals surface area contributed by atoms with Gasteiger partial charge in [0.05, 0.1) is 0 Å². The summed E-state index contributed by atoms with van der Waals surface area (Å²) in [7, 11) is 0. The fourth-order valence-electron chi connectivity index (χ4n) is 1.56. The molecule has 1 atom stereocenters. The van der Waals surface area contributed by atoms with Gasteiger partial charge in [0, 0.05) is 19.1 Å². The predicted molar refractivity (Wildman–Crippen MR) is 52.2 cm³/mol. The molecular weight excluding hydrogens is 204 g/mol. The molecule has 14 heavy (non-hydrogen) atoms. The Morgan fingerprint density at radius 1 is 1.64 bits per heavy atom. The first kappa shape index (κ1) is 9.55. The Kier molecular flexibility index (Phi) is 2.48. The highest BCUT2D eigenvalue weighted by molar-refractivity contribution is 6.29. The molecule has 0 spiro atoms. The quantitative estimate of drug-likeness (QED) is 0.762. The zero-order chi connectivity index (χ0) is 10.1. The van der Waals surface area contributed by atoms with E-state index in [-0.39, 0.29) is 22.9 Å². The van der Waals surface area contributed by atoms with Gasteiger partial charge in [0.1, 0.15) is 0 Å². The Morgan fingerprint density at radius 3 is 2.93 bits per heavy atom. The number of furan rings is 1. The van der Waals surface area contributed by atoms with Crippen LogP contribution < -0.4 is 5.73 Å². The fraction of sp³-hybridized carbons (Fsp3) is 0.444. The molecule has 1 amide bonds. The van der Waals surface area contributed by atoms with Crippen LogP contribution in [0.3, 0.4) is 0 Å². The largest absolute Gasteiger partial charge is 0.440 e. The molecule has 0 radical (unpaired) electrons. The molecule has 0 unspecified atom stereocenters. The normalized spacial score (nSPS) is 21.6. The van der Waals surface area contributed by atoms with E-state index in [2.05, 4.69) is 0 Å². The van der Waals surface area contributed by atoms with Crippen LogP contribution >= 0.6 is 11.6 Å². The molecule has 5 heteroatoms. The Morgan fingerprint density at radius 2 is 2.43 bits per heavy atom. The predicted octanol–water partition coefficient (Wildman–Crippen LogP) is 1.11. The SMILES string of the molecule is N[C@@H]1CCN(C(=O)c2ccc(Cl)o2)C1. The molecule has 1 aliphatic heterocycles. The lowest BCUT2D eigenvalue weighted by molar-refractivity contribution is 0.0759. The van der Waals surface area contributed by atoms with Crippen LogP contribution in [0.15, 0.2) is 16.5 Å². The van der Waals surface area contributed by atoms with E-state index >= 15 is 0 Å². The summed E-state index contributed by atoms with van der Waals surface area (Å²) in [6, 6.07) is 3.23. The van der Waals surface area contributed by atoms with Crippen LogP contribution in [0, 0.1) is 0 Å². The molecule has 1 aliphatic rings. The van der Waals surface area contributed by atoms with Gasteiger partial charge >= 0.3 is 0 Å². The van der Waals surface area contributed by atoms with E-state index in [1.54, 1.807) is 17.0 Å². The summed E-state index contributed by atoms with van der Waals surface area (Å²) in [6.07, 6.45) is 0.847. The average molecular weight is 215 g/mol. The molecule has 1 saturated heterocycles. The third-order valence-electron chi connectivity index (χ3n) is 2.30. The Labute approximate surface area is 86.6 Å². The number of hydrogen-bond donors (Lipinski definition) is 1. The number of nitrogens with two attached hydrogens (primary N) is 1. The number of carbonyl (C=O) groups excluding carboxylic acids is 1. The van der Waals surface area contributed by atoms with Crippen LogP contribution in [0.25, 0.3) is 0 Å². The first-order valence-corrected chi connectivity index (χ1v) is 4.85. The Balaban J connectivity index is 2.09. The Bertz CT molecular complexity index is 350. The Hall–Kier alpha value is -1.00.